The van der Waals surface area contributed by atoms with E-state index in [9.17, 15) is 94.5 Å². The number of hydrogen-bond acceptors (Lipinski definition) is 26. The molecule has 0 radical (unpaired) electrons. The number of amides is 2. The SMILES string of the molecule is COc1cccc2c1C(=O)c1c(O)c3c(c(O)c1C2=O)C[C@@](O)(/C(C)=N\NC(=O)CCCCC(=O)N/N=C/C(OC(C(=O)O)C(C=O)O[C@@H]1OC(C(=O)O)[C@H](C(C)(C)C)[C@@H](O)C1O)[C@H]1C(C(=O)O)O[C@@H](C(C)(C)C)C(O)[C@@H]1O)C[C@@H]3OC1CC(N)C(O)C(C)O1. The van der Waals surface area contributed by atoms with Crippen molar-refractivity contribution >= 4 is 59.5 Å². The molecule has 11 unspecified atom stereocenters. The van der Waals surface area contributed by atoms with Crippen LogP contribution in [0, 0.1) is 22.7 Å². The zero-order chi connectivity index (χ0) is 67.0. The summed E-state index contributed by atoms with van der Waals surface area (Å²) >= 11 is 0. The zero-order valence-electron chi connectivity index (χ0n) is 50.7. The van der Waals surface area contributed by atoms with E-state index in [1.165, 1.54) is 32.2 Å². The van der Waals surface area contributed by atoms with Crippen LogP contribution in [-0.2, 0) is 63.6 Å². The Balaban J connectivity index is 1.05. The second-order valence-corrected chi connectivity index (χ2v) is 25.3. The highest BCUT2D eigenvalue weighted by atomic mass is 16.7. The van der Waals surface area contributed by atoms with Crippen molar-refractivity contribution in [1.82, 2.24) is 10.9 Å². The average Bonchev–Trinajstić information content (AvgIpc) is 0.733. The lowest BCUT2D eigenvalue weighted by Gasteiger charge is -2.48. The molecule has 2 aliphatic carbocycles. The number of carbonyl (C=O) groups excluding carboxylic acids is 5. The van der Waals surface area contributed by atoms with Crippen LogP contribution in [0.15, 0.2) is 28.4 Å². The number of unbranched alkanes of at least 4 members (excludes halogenated alkanes) is 1. The van der Waals surface area contributed by atoms with Crippen LogP contribution < -0.4 is 21.3 Å². The van der Waals surface area contributed by atoms with E-state index in [0.29, 0.717) is 6.21 Å². The van der Waals surface area contributed by atoms with Gasteiger partial charge < -0.3 is 99.9 Å². The van der Waals surface area contributed by atoms with Gasteiger partial charge in [-0.1, -0.05) is 53.7 Å². The van der Waals surface area contributed by atoms with Crippen LogP contribution in [-0.4, -0.2) is 220 Å². The summed E-state index contributed by atoms with van der Waals surface area (Å²) in [6.45, 7) is 12.3. The van der Waals surface area contributed by atoms with E-state index < -0.39 is 203 Å². The number of aliphatic hydroxyl groups excluding tert-OH is 5. The number of aliphatic hydroxyl groups is 6. The van der Waals surface area contributed by atoms with E-state index >= 15 is 0 Å². The first-order chi connectivity index (χ1) is 42.0. The van der Waals surface area contributed by atoms with E-state index in [2.05, 4.69) is 21.1 Å². The van der Waals surface area contributed by atoms with Crippen LogP contribution in [0.25, 0.3) is 0 Å². The van der Waals surface area contributed by atoms with Crippen LogP contribution in [0.5, 0.6) is 17.2 Å². The number of aromatic hydroxyl groups is 2. The Kier molecular flexibility index (Phi) is 21.8. The van der Waals surface area contributed by atoms with Crippen molar-refractivity contribution in [2.75, 3.05) is 7.11 Å². The fraction of sp³-hybridized carbons (Fsp3) is 0.627. The van der Waals surface area contributed by atoms with Gasteiger partial charge in [-0.25, -0.2) is 25.2 Å². The number of fused-ring (bicyclic) bond motifs is 3. The molecule has 5 aliphatic rings. The molecule has 0 bridgehead atoms. The van der Waals surface area contributed by atoms with Crippen LogP contribution in [0.2, 0.25) is 0 Å². The minimum atomic E-state index is -2.54. The molecule has 3 aliphatic heterocycles. The van der Waals surface area contributed by atoms with Crippen molar-refractivity contribution in [3.05, 3.63) is 51.6 Å². The molecule has 2 aromatic rings. The second-order valence-electron chi connectivity index (χ2n) is 25.3. The molecule has 90 heavy (non-hydrogen) atoms. The number of hydrogen-bond donors (Lipinski definition) is 14. The number of rotatable bonds is 22. The predicted molar refractivity (Wildman–Crippen MR) is 306 cm³/mol. The Morgan fingerprint density at radius 1 is 0.811 bits per heavy atom. The fourth-order valence-corrected chi connectivity index (χ4v) is 12.2. The molecule has 3 fully saturated rings. The van der Waals surface area contributed by atoms with Crippen molar-refractivity contribution in [1.29, 1.82) is 0 Å². The molecule has 31 nitrogen and oxygen atoms in total. The lowest BCUT2D eigenvalue weighted by atomic mass is 9.71. The van der Waals surface area contributed by atoms with Gasteiger partial charge in [0, 0.05) is 60.8 Å². The minimum Gasteiger partial charge on any atom is -0.507 e. The highest BCUT2D eigenvalue weighted by Crippen LogP contribution is 2.53. The maximum Gasteiger partial charge on any atom is 0.336 e. The molecule has 3 heterocycles. The minimum absolute atomic E-state index is 0.00956. The molecule has 0 saturated carbocycles. The van der Waals surface area contributed by atoms with Gasteiger partial charge in [-0.15, -0.1) is 0 Å². The number of ether oxygens (including phenoxy) is 7. The molecule has 3 saturated heterocycles. The molecule has 0 aromatic heterocycles. The third kappa shape index (κ3) is 14.5. The van der Waals surface area contributed by atoms with E-state index in [1.807, 2.05) is 0 Å². The lowest BCUT2D eigenvalue weighted by Crippen LogP contribution is -2.64. The average molecular weight is 1270 g/mol. The van der Waals surface area contributed by atoms with Gasteiger partial charge in [0.1, 0.15) is 41.2 Å². The normalized spacial score (nSPS) is 31.5. The summed E-state index contributed by atoms with van der Waals surface area (Å²) in [5.74, 6) is -13.2. The molecule has 15 N–H and O–H groups in total. The van der Waals surface area contributed by atoms with Gasteiger partial charge in [-0.3, -0.25) is 19.2 Å². The maximum absolute atomic E-state index is 14.1. The number of phenolic OH excluding ortho intramolecular Hbond substituents is 2. The van der Waals surface area contributed by atoms with Gasteiger partial charge in [-0.2, -0.15) is 10.2 Å². The third-order valence-electron chi connectivity index (χ3n) is 16.9. The van der Waals surface area contributed by atoms with Crippen LogP contribution in [0.1, 0.15) is 143 Å². The Hall–Kier alpha value is -6.98. The van der Waals surface area contributed by atoms with Gasteiger partial charge in [0.2, 0.25) is 17.6 Å². The first-order valence-electron chi connectivity index (χ1n) is 29.0. The number of nitrogens with two attached hydrogens (primary N) is 1. The molecule has 7 rings (SSSR count). The third-order valence-corrected chi connectivity index (χ3v) is 16.9. The van der Waals surface area contributed by atoms with Crippen molar-refractivity contribution in [3.8, 4) is 17.2 Å². The summed E-state index contributed by atoms with van der Waals surface area (Å²) in [5.41, 5.74) is 4.67. The Morgan fingerprint density at radius 3 is 2.00 bits per heavy atom. The Morgan fingerprint density at radius 2 is 1.43 bits per heavy atom. The molecule has 31 heteroatoms. The number of carboxylic acids is 3. The fourth-order valence-electron chi connectivity index (χ4n) is 12.2. The smallest absolute Gasteiger partial charge is 0.336 e. The number of carboxylic acid groups (broad SMARTS) is 3. The summed E-state index contributed by atoms with van der Waals surface area (Å²) in [5, 5.41) is 130. The summed E-state index contributed by atoms with van der Waals surface area (Å²) < 4.78 is 40.0. The molecule has 496 valence electrons. The quantitative estimate of drug-likeness (QED) is 0.0197. The van der Waals surface area contributed by atoms with E-state index in [0.717, 1.165) is 0 Å². The first kappa shape index (κ1) is 70.5. The van der Waals surface area contributed by atoms with Gasteiger partial charge in [0.05, 0.1) is 78.3 Å². The number of phenols is 2. The first-order valence-corrected chi connectivity index (χ1v) is 29.0. The van der Waals surface area contributed by atoms with Crippen LogP contribution in [0.4, 0.5) is 0 Å². The number of nitrogens with one attached hydrogen (secondary N) is 2. The zero-order valence-corrected chi connectivity index (χ0v) is 50.7. The number of ketones is 2. The van der Waals surface area contributed by atoms with Crippen LogP contribution in [0.3, 0.4) is 0 Å². The Bertz CT molecular complexity index is 3130. The number of aldehydes is 1. The van der Waals surface area contributed by atoms with E-state index in [1.54, 1.807) is 48.5 Å². The number of carbonyl (C=O) groups is 8. The highest BCUT2D eigenvalue weighted by Gasteiger charge is 2.57. The van der Waals surface area contributed by atoms with Gasteiger partial charge in [0.15, 0.2) is 49.1 Å². The second kappa shape index (κ2) is 27.9. The topological polar surface area (TPSA) is 499 Å². The molecular formula is C59H79N5O26. The summed E-state index contributed by atoms with van der Waals surface area (Å²) in [6.07, 6.45) is -28.0. The number of nitrogens with zero attached hydrogens (tertiary/aromatic N) is 2. The van der Waals surface area contributed by atoms with Crippen LogP contribution >= 0.6 is 0 Å². The molecular weight excluding hydrogens is 1190 g/mol. The van der Waals surface area contributed by atoms with E-state index in [-0.39, 0.29) is 72.1 Å². The van der Waals surface area contributed by atoms with Gasteiger partial charge in [0.25, 0.3) is 0 Å². The van der Waals surface area contributed by atoms with Gasteiger partial charge in [-0.05, 0) is 43.6 Å². The summed E-state index contributed by atoms with van der Waals surface area (Å²) in [6, 6.07) is 3.42. The maximum atomic E-state index is 14.1. The molecule has 2 aromatic carbocycles. The molecule has 2 amide bonds. The predicted octanol–water partition coefficient (Wildman–Crippen LogP) is -0.553. The largest absolute Gasteiger partial charge is 0.507 e. The number of hydrazone groups is 2. The molecule has 0 spiro atoms. The monoisotopic (exact) mass is 1270 g/mol. The van der Waals surface area contributed by atoms with Crippen molar-refractivity contribution in [3.63, 3.8) is 0 Å². The van der Waals surface area contributed by atoms with Crippen molar-refractivity contribution in [2.45, 2.75) is 204 Å². The number of methoxy groups -OCH3 is 1. The summed E-state index contributed by atoms with van der Waals surface area (Å²) in [7, 11) is 1.29. The number of aliphatic carboxylic acids is 3. The highest BCUT2D eigenvalue weighted by molar-refractivity contribution is 6.31. The summed E-state index contributed by atoms with van der Waals surface area (Å²) in [4.78, 5) is 105. The molecule has 19 atom stereocenters. The Labute approximate surface area is 515 Å². The van der Waals surface area contributed by atoms with Crippen molar-refractivity contribution in [2.24, 2.45) is 38.6 Å². The van der Waals surface area contributed by atoms with E-state index in [4.69, 9.17) is 38.9 Å². The number of benzene rings is 2. The standard InChI is InChI=1S/C59H79N5O26/c1-22-40(68)26(60)17-33(85-22)86-28-19-59(83,18-25-35(28)44(72)38-37(42(25)70)41(69)24-13-12-14-27(84-9)34(24)43(38)71)23(2)62-64-32(67)16-11-10-15-31(66)63-61-20-29(36-45(73)47(75)52(58(6,7)8)89-50(36)54(79)80)87-49(53(77)78)30(21-65)88-56-48(76)46(74)39(57(3,4)5)51(90-56)55(81)82/h12-14,20-22,26,28-30,33,36,39-40,45-52,56,68,70,72-76,83H,10-11,15-19,60H2,1-9H3,(H,63,66)(H,64,67)(H,77,78)(H,79,80)(H,81,82)/b61-20+,62-23-/t22?,26?,28-,29?,30?,33?,36+,39+,40?,45+,46+,47?,48?,49?,50?,51?,52+,56+,59-/m0/s1. The van der Waals surface area contributed by atoms with Crippen molar-refractivity contribution < 1.29 is 128 Å². The lowest BCUT2D eigenvalue weighted by molar-refractivity contribution is -0.308. The van der Waals surface area contributed by atoms with Gasteiger partial charge >= 0.3 is 17.9 Å².